The first-order valence-corrected chi connectivity index (χ1v) is 27.3. The Morgan fingerprint density at radius 1 is 0.541 bits per heavy atom. The van der Waals surface area contributed by atoms with Gasteiger partial charge in [-0.15, -0.1) is 0 Å². The van der Waals surface area contributed by atoms with Gasteiger partial charge < -0.3 is 56.2 Å². The van der Waals surface area contributed by atoms with Gasteiger partial charge in [-0.1, -0.05) is 127 Å². The zero-order valence-corrected chi connectivity index (χ0v) is 45.5. The van der Waals surface area contributed by atoms with Crippen molar-refractivity contribution in [1.29, 1.82) is 0 Å². The number of primary amides is 1. The highest BCUT2D eigenvalue weighted by molar-refractivity contribution is 5.84. The van der Waals surface area contributed by atoms with E-state index in [2.05, 4.69) is 52.5 Å². The topological polar surface area (TPSA) is 288 Å². The highest BCUT2D eigenvalue weighted by atomic mass is 16.5. The summed E-state index contributed by atoms with van der Waals surface area (Å²) < 4.78 is 21.3. The number of benzene rings is 1. The number of aliphatic carboxylic acids is 2. The molecular weight excluding hydrogens is 955 g/mol. The summed E-state index contributed by atoms with van der Waals surface area (Å²) in [6.07, 6.45) is 19.6. The van der Waals surface area contributed by atoms with Gasteiger partial charge in [0.05, 0.1) is 39.6 Å². The molecule has 0 aliphatic heterocycles. The number of aryl methyl sites for hydroxylation is 1. The van der Waals surface area contributed by atoms with E-state index in [-0.39, 0.29) is 139 Å². The number of nitrogens with two attached hydrogens (primary N) is 1. The van der Waals surface area contributed by atoms with E-state index in [9.17, 15) is 43.5 Å². The average Bonchev–Trinajstić information content (AvgIpc) is 3.36. The van der Waals surface area contributed by atoms with Gasteiger partial charge in [0.25, 0.3) is 0 Å². The van der Waals surface area contributed by atoms with Crippen LogP contribution in [-0.2, 0) is 63.7 Å². The number of ether oxygens (including phenoxy) is 4. The second-order valence-electron chi connectivity index (χ2n) is 18.9. The van der Waals surface area contributed by atoms with Crippen LogP contribution in [0.1, 0.15) is 173 Å². The number of rotatable bonds is 48. The molecule has 0 unspecified atom stereocenters. The monoisotopic (exact) mass is 1050 g/mol. The molecule has 1 aromatic rings. The lowest BCUT2D eigenvalue weighted by Gasteiger charge is -2.14. The summed E-state index contributed by atoms with van der Waals surface area (Å²) in [5.41, 5.74) is 7.70. The number of carbonyl (C=O) groups excluding carboxylic acids is 6. The molecule has 0 radical (unpaired) electrons. The Labute approximate surface area is 441 Å². The van der Waals surface area contributed by atoms with Crippen molar-refractivity contribution in [2.24, 2.45) is 17.6 Å². The molecule has 0 heterocycles. The lowest BCUT2D eigenvalue weighted by Crippen LogP contribution is -2.41. The van der Waals surface area contributed by atoms with Crippen LogP contribution in [-0.4, -0.2) is 136 Å². The third-order valence-corrected chi connectivity index (χ3v) is 12.3. The van der Waals surface area contributed by atoms with Crippen molar-refractivity contribution in [2.75, 3.05) is 72.5 Å². The molecule has 8 N–H and O–H groups in total. The fourth-order valence-electron chi connectivity index (χ4n) is 7.43. The van der Waals surface area contributed by atoms with Gasteiger partial charge in [0.2, 0.25) is 29.5 Å². The van der Waals surface area contributed by atoms with Crippen molar-refractivity contribution < 1.29 is 67.5 Å². The van der Waals surface area contributed by atoms with Crippen LogP contribution >= 0.6 is 0 Å². The number of carbonyl (C=O) groups is 8. The Morgan fingerprint density at radius 3 is 1.46 bits per heavy atom. The first kappa shape index (κ1) is 69.0. The Hall–Kier alpha value is -4.98. The third kappa shape index (κ3) is 44.5. The molecule has 74 heavy (non-hydrogen) atoms. The molecule has 424 valence electrons. The molecular formula is C55H95N5O14. The van der Waals surface area contributed by atoms with Gasteiger partial charge in [0.1, 0.15) is 25.0 Å². The molecule has 0 bridgehead atoms. The molecule has 1 rings (SSSR count). The normalized spacial score (nSPS) is 12.1. The first-order chi connectivity index (χ1) is 35.5. The zero-order valence-electron chi connectivity index (χ0n) is 45.5. The van der Waals surface area contributed by atoms with Crippen molar-refractivity contribution in [1.82, 2.24) is 21.3 Å². The molecule has 0 aliphatic rings. The van der Waals surface area contributed by atoms with Crippen LogP contribution in [0, 0.1) is 18.8 Å². The maximum atomic E-state index is 12.3. The number of carboxylic acid groups (broad SMARTS) is 2. The number of carboxylic acids is 2. The highest BCUT2D eigenvalue weighted by Gasteiger charge is 2.21. The maximum absolute atomic E-state index is 12.3. The molecule has 0 spiro atoms. The van der Waals surface area contributed by atoms with Gasteiger partial charge in [0, 0.05) is 50.7 Å². The van der Waals surface area contributed by atoms with E-state index in [4.69, 9.17) is 29.8 Å². The second kappa shape index (κ2) is 47.7. The number of ketones is 1. The molecule has 0 saturated carbocycles. The molecule has 0 fully saturated rings. The predicted molar refractivity (Wildman–Crippen MR) is 284 cm³/mol. The lowest BCUT2D eigenvalue weighted by molar-refractivity contribution is -0.142. The highest BCUT2D eigenvalue weighted by Crippen LogP contribution is 2.15. The van der Waals surface area contributed by atoms with Crippen LogP contribution in [0.4, 0.5) is 0 Å². The summed E-state index contributed by atoms with van der Waals surface area (Å²) in [6, 6.07) is 7.09. The van der Waals surface area contributed by atoms with Gasteiger partial charge in [0.15, 0.2) is 0 Å². The summed E-state index contributed by atoms with van der Waals surface area (Å²) in [4.78, 5) is 92.6. The van der Waals surface area contributed by atoms with Gasteiger partial charge in [-0.25, -0.2) is 4.79 Å². The summed E-state index contributed by atoms with van der Waals surface area (Å²) in [7, 11) is 0. The molecule has 19 nitrogen and oxygen atoms in total. The van der Waals surface area contributed by atoms with Gasteiger partial charge in [-0.2, -0.15) is 0 Å². The third-order valence-electron chi connectivity index (χ3n) is 12.3. The van der Waals surface area contributed by atoms with E-state index >= 15 is 0 Å². The SMILES string of the molecule is CC(=O)[C@@H](C)CCCCNC(=O)COCCOCCNC(=O)COCCOCCNC(=O)CC[C@H](NC(=O)CCCCCCCCCCCCCCCCC(=O)O)C(=O)O.CC[C@@H](Cc1ccc(C)cc1)C(N)=O. The van der Waals surface area contributed by atoms with Crippen molar-refractivity contribution in [2.45, 2.75) is 181 Å². The van der Waals surface area contributed by atoms with Crippen molar-refractivity contribution in [3.8, 4) is 0 Å². The largest absolute Gasteiger partial charge is 0.481 e. The summed E-state index contributed by atoms with van der Waals surface area (Å²) in [5, 5.41) is 28.8. The Kier molecular flexibility index (Phi) is 44.5. The number of unbranched alkanes of at least 4 members (excludes halogenated alkanes) is 14. The molecule has 0 aromatic heterocycles. The fourth-order valence-corrected chi connectivity index (χ4v) is 7.43. The molecule has 1 aromatic carbocycles. The molecule has 0 saturated heterocycles. The van der Waals surface area contributed by atoms with Crippen LogP contribution in [0.15, 0.2) is 24.3 Å². The van der Waals surface area contributed by atoms with Crippen molar-refractivity contribution >= 4 is 47.3 Å². The van der Waals surface area contributed by atoms with Gasteiger partial charge in [-0.3, -0.25) is 33.6 Å². The molecule has 19 heteroatoms. The molecule has 0 aliphatic carbocycles. The van der Waals surface area contributed by atoms with E-state index in [1.54, 1.807) is 6.92 Å². The minimum Gasteiger partial charge on any atom is -0.481 e. The first-order valence-electron chi connectivity index (χ1n) is 27.3. The quantitative estimate of drug-likeness (QED) is 0.0342. The molecule has 5 amide bonds. The maximum Gasteiger partial charge on any atom is 0.326 e. The van der Waals surface area contributed by atoms with Crippen molar-refractivity contribution in [3.05, 3.63) is 35.4 Å². The zero-order chi connectivity index (χ0) is 55.0. The summed E-state index contributed by atoms with van der Waals surface area (Å²) in [5.74, 6) is -3.10. The van der Waals surface area contributed by atoms with Crippen LogP contribution < -0.4 is 27.0 Å². The Bertz CT molecular complexity index is 1680. The van der Waals surface area contributed by atoms with Crippen LogP contribution in [0.5, 0.6) is 0 Å². The standard InChI is InChI=1S/C43H78N4O13.C12H17NO/c1-35(36(2)48)19-17-18-24-44-40(51)33-59-31-30-58-28-26-46-41(52)34-60-32-29-57-27-25-45-38(49)23-22-37(43(55)56)47-39(50)20-15-13-11-9-7-5-3-4-6-8-10-12-14-16-21-42(53)54;1-3-11(12(13)14)8-10-6-4-9(2)5-7-10/h35,37H,3-34H2,1-2H3,(H,44,51)(H,45,49)(H,46,52)(H,47,50)(H,53,54)(H,55,56);4-7,11H,3,8H2,1-2H3,(H2,13,14)/t35-,37-;11-/m00/s1. The number of amides is 5. The minimum absolute atomic E-state index is 0.0245. The Balaban J connectivity index is 0.00000325. The minimum atomic E-state index is -1.18. The van der Waals surface area contributed by atoms with Crippen LogP contribution in [0.3, 0.4) is 0 Å². The van der Waals surface area contributed by atoms with Gasteiger partial charge in [-0.05, 0) is 64.4 Å². The predicted octanol–water partition coefficient (Wildman–Crippen LogP) is 6.52. The number of hydrogen-bond donors (Lipinski definition) is 7. The van der Waals surface area contributed by atoms with E-state index in [1.807, 2.05) is 13.8 Å². The molecule has 3 atom stereocenters. The van der Waals surface area contributed by atoms with Gasteiger partial charge >= 0.3 is 11.9 Å². The number of hydrogen-bond acceptors (Lipinski definition) is 12. The number of Topliss-reactive ketones (excluding diaryl/α,β-unsaturated/α-hetero) is 1. The van der Waals surface area contributed by atoms with E-state index in [1.165, 1.54) is 56.1 Å². The second-order valence-corrected chi connectivity index (χ2v) is 18.9. The van der Waals surface area contributed by atoms with E-state index in [0.29, 0.717) is 13.0 Å². The lowest BCUT2D eigenvalue weighted by atomic mass is 9.96. The Morgan fingerprint density at radius 2 is 1.00 bits per heavy atom. The van der Waals surface area contributed by atoms with Crippen LogP contribution in [0.25, 0.3) is 0 Å². The van der Waals surface area contributed by atoms with Crippen LogP contribution in [0.2, 0.25) is 0 Å². The smallest absolute Gasteiger partial charge is 0.326 e. The van der Waals surface area contributed by atoms with E-state index in [0.717, 1.165) is 70.6 Å². The fraction of sp³-hybridized carbons (Fsp3) is 0.745. The summed E-state index contributed by atoms with van der Waals surface area (Å²) >= 11 is 0. The number of nitrogens with one attached hydrogen (secondary N) is 4. The average molecular weight is 1050 g/mol. The summed E-state index contributed by atoms with van der Waals surface area (Å²) in [6.45, 7) is 9.71. The van der Waals surface area contributed by atoms with Crippen molar-refractivity contribution in [3.63, 3.8) is 0 Å². The van der Waals surface area contributed by atoms with E-state index < -0.39 is 18.0 Å².